The summed E-state index contributed by atoms with van der Waals surface area (Å²) in [6.45, 7) is 6.01. The molecule has 26 heavy (non-hydrogen) atoms. The lowest BCUT2D eigenvalue weighted by Gasteiger charge is -2.20. The van der Waals surface area contributed by atoms with Crippen LogP contribution in [0.15, 0.2) is 59.7 Å². The van der Waals surface area contributed by atoms with Crippen molar-refractivity contribution >= 4 is 23.7 Å². The van der Waals surface area contributed by atoms with E-state index in [9.17, 15) is 9.59 Å². The fourth-order valence-electron chi connectivity index (χ4n) is 2.43. The molecule has 6 heteroatoms. The van der Waals surface area contributed by atoms with Crippen molar-refractivity contribution in [2.45, 2.75) is 13.8 Å². The Morgan fingerprint density at radius 3 is 2.27 bits per heavy atom. The zero-order valence-corrected chi connectivity index (χ0v) is 15.1. The third-order valence-electron chi connectivity index (χ3n) is 3.87. The fraction of sp³-hybridized carbons (Fsp3) is 0.250. The number of carbonyl (C=O) groups excluding carboxylic acids is 2. The van der Waals surface area contributed by atoms with Crippen LogP contribution >= 0.6 is 0 Å². The molecular formula is C20H24N4O2. The maximum Gasteiger partial charge on any atom is 0.259 e. The summed E-state index contributed by atoms with van der Waals surface area (Å²) >= 11 is 0. The van der Waals surface area contributed by atoms with Crippen LogP contribution in [0, 0.1) is 0 Å². The molecule has 0 bridgehead atoms. The number of hydrogen-bond donors (Lipinski definition) is 2. The van der Waals surface area contributed by atoms with E-state index < -0.39 is 0 Å². The van der Waals surface area contributed by atoms with E-state index in [1.165, 1.54) is 0 Å². The molecule has 0 unspecified atom stereocenters. The second-order valence-corrected chi connectivity index (χ2v) is 5.61. The van der Waals surface area contributed by atoms with E-state index in [0.717, 1.165) is 24.3 Å². The largest absolute Gasteiger partial charge is 0.372 e. The maximum absolute atomic E-state index is 11.8. The molecule has 6 nitrogen and oxygen atoms in total. The van der Waals surface area contributed by atoms with Crippen molar-refractivity contribution in [2.24, 2.45) is 5.10 Å². The minimum Gasteiger partial charge on any atom is -0.372 e. The topological polar surface area (TPSA) is 73.8 Å². The summed E-state index contributed by atoms with van der Waals surface area (Å²) in [5, 5.41) is 6.47. The van der Waals surface area contributed by atoms with Gasteiger partial charge in [0.05, 0.1) is 12.8 Å². The molecule has 2 aromatic rings. The van der Waals surface area contributed by atoms with Crippen LogP contribution in [0.4, 0.5) is 5.69 Å². The van der Waals surface area contributed by atoms with E-state index in [-0.39, 0.29) is 18.4 Å². The van der Waals surface area contributed by atoms with Crippen LogP contribution in [0.2, 0.25) is 0 Å². The molecule has 2 N–H and O–H groups in total. The highest BCUT2D eigenvalue weighted by Crippen LogP contribution is 2.13. The summed E-state index contributed by atoms with van der Waals surface area (Å²) < 4.78 is 0. The van der Waals surface area contributed by atoms with Crippen LogP contribution in [-0.2, 0) is 4.79 Å². The van der Waals surface area contributed by atoms with E-state index in [2.05, 4.69) is 34.6 Å². The summed E-state index contributed by atoms with van der Waals surface area (Å²) in [7, 11) is 0. The Hall–Kier alpha value is -3.15. The van der Waals surface area contributed by atoms with E-state index in [1.54, 1.807) is 30.5 Å². The Bertz CT molecular complexity index is 738. The van der Waals surface area contributed by atoms with Gasteiger partial charge in [0.1, 0.15) is 0 Å². The van der Waals surface area contributed by atoms with Gasteiger partial charge in [-0.05, 0) is 43.7 Å². The lowest BCUT2D eigenvalue weighted by Crippen LogP contribution is -2.34. The summed E-state index contributed by atoms with van der Waals surface area (Å²) in [5.74, 6) is -0.679. The Kier molecular flexibility index (Phi) is 7.36. The molecule has 0 saturated heterocycles. The summed E-state index contributed by atoms with van der Waals surface area (Å²) in [6, 6.07) is 16.7. The van der Waals surface area contributed by atoms with Gasteiger partial charge >= 0.3 is 0 Å². The second kappa shape index (κ2) is 9.98. The summed E-state index contributed by atoms with van der Waals surface area (Å²) in [5.41, 5.74) is 4.95. The number of nitrogens with zero attached hydrogens (tertiary/aromatic N) is 2. The van der Waals surface area contributed by atoms with Gasteiger partial charge in [-0.2, -0.15) is 5.10 Å². The molecule has 0 aliphatic heterocycles. The van der Waals surface area contributed by atoms with E-state index in [1.807, 2.05) is 30.3 Å². The Morgan fingerprint density at radius 2 is 1.65 bits per heavy atom. The number of hydrogen-bond acceptors (Lipinski definition) is 4. The Morgan fingerprint density at radius 1 is 1.00 bits per heavy atom. The minimum atomic E-state index is -0.384. The Labute approximate surface area is 153 Å². The molecule has 0 heterocycles. The number of rotatable bonds is 8. The summed E-state index contributed by atoms with van der Waals surface area (Å²) in [6.07, 6.45) is 1.57. The van der Waals surface area contributed by atoms with Crippen LogP contribution in [0.5, 0.6) is 0 Å². The van der Waals surface area contributed by atoms with Crippen molar-refractivity contribution < 1.29 is 9.59 Å². The molecule has 2 rings (SSSR count). The molecule has 0 spiro atoms. The molecule has 0 atom stereocenters. The average Bonchev–Trinajstić information content (AvgIpc) is 2.69. The number of amides is 2. The van der Waals surface area contributed by atoms with Gasteiger partial charge in [0.2, 0.25) is 0 Å². The standard InChI is InChI=1S/C20H24N4O2/c1-3-24(4-2)18-12-10-16(11-13-18)14-22-23-19(25)15-21-20(26)17-8-6-5-7-9-17/h5-14H,3-4,15H2,1-2H3,(H,21,26)(H,23,25). The van der Waals surface area contributed by atoms with Crippen LogP contribution in [-0.4, -0.2) is 37.7 Å². The van der Waals surface area contributed by atoms with Gasteiger partial charge < -0.3 is 10.2 Å². The van der Waals surface area contributed by atoms with Crippen LogP contribution < -0.4 is 15.6 Å². The number of nitrogens with one attached hydrogen (secondary N) is 2. The van der Waals surface area contributed by atoms with Crippen molar-refractivity contribution in [3.8, 4) is 0 Å². The van der Waals surface area contributed by atoms with Crippen molar-refractivity contribution in [3.05, 3.63) is 65.7 Å². The third-order valence-corrected chi connectivity index (χ3v) is 3.87. The highest BCUT2D eigenvalue weighted by Gasteiger charge is 2.06. The maximum atomic E-state index is 11.8. The van der Waals surface area contributed by atoms with Gasteiger partial charge in [-0.15, -0.1) is 0 Å². The first-order valence-corrected chi connectivity index (χ1v) is 8.64. The molecule has 0 aliphatic carbocycles. The number of carbonyl (C=O) groups is 2. The van der Waals surface area contributed by atoms with Crippen molar-refractivity contribution in [1.29, 1.82) is 0 Å². The van der Waals surface area contributed by atoms with Gasteiger partial charge in [0.25, 0.3) is 11.8 Å². The number of anilines is 1. The lowest BCUT2D eigenvalue weighted by atomic mass is 10.2. The first kappa shape index (κ1) is 19.2. The number of hydrazone groups is 1. The molecule has 0 aliphatic rings. The molecular weight excluding hydrogens is 328 g/mol. The Balaban J connectivity index is 1.79. The van der Waals surface area contributed by atoms with Crippen LogP contribution in [0.3, 0.4) is 0 Å². The van der Waals surface area contributed by atoms with E-state index >= 15 is 0 Å². The van der Waals surface area contributed by atoms with Gasteiger partial charge in [0, 0.05) is 24.3 Å². The fourth-order valence-corrected chi connectivity index (χ4v) is 2.43. The van der Waals surface area contributed by atoms with Crippen molar-refractivity contribution in [2.75, 3.05) is 24.5 Å². The highest BCUT2D eigenvalue weighted by atomic mass is 16.2. The van der Waals surface area contributed by atoms with Crippen molar-refractivity contribution in [1.82, 2.24) is 10.7 Å². The summed E-state index contributed by atoms with van der Waals surface area (Å²) in [4.78, 5) is 25.8. The van der Waals surface area contributed by atoms with Gasteiger partial charge in [0.15, 0.2) is 0 Å². The second-order valence-electron chi connectivity index (χ2n) is 5.61. The molecule has 2 amide bonds. The molecule has 0 fully saturated rings. The van der Waals surface area contributed by atoms with Crippen LogP contribution in [0.1, 0.15) is 29.8 Å². The smallest absolute Gasteiger partial charge is 0.259 e. The van der Waals surface area contributed by atoms with E-state index in [0.29, 0.717) is 5.56 Å². The minimum absolute atomic E-state index is 0.133. The zero-order chi connectivity index (χ0) is 18.8. The third kappa shape index (κ3) is 5.73. The zero-order valence-electron chi connectivity index (χ0n) is 15.1. The molecule has 136 valence electrons. The molecule has 0 radical (unpaired) electrons. The van der Waals surface area contributed by atoms with Crippen molar-refractivity contribution in [3.63, 3.8) is 0 Å². The van der Waals surface area contributed by atoms with Gasteiger partial charge in [-0.1, -0.05) is 30.3 Å². The first-order chi connectivity index (χ1) is 12.6. The molecule has 2 aromatic carbocycles. The van der Waals surface area contributed by atoms with E-state index in [4.69, 9.17) is 0 Å². The predicted molar refractivity (Wildman–Crippen MR) is 105 cm³/mol. The quantitative estimate of drug-likeness (QED) is 0.566. The molecule has 0 saturated carbocycles. The average molecular weight is 352 g/mol. The molecule has 0 aromatic heterocycles. The highest BCUT2D eigenvalue weighted by molar-refractivity contribution is 5.96. The SMILES string of the molecule is CCN(CC)c1ccc(C=NNC(=O)CNC(=O)c2ccccc2)cc1. The van der Waals surface area contributed by atoms with Crippen LogP contribution in [0.25, 0.3) is 0 Å². The predicted octanol–water partition coefficient (Wildman–Crippen LogP) is 2.41. The first-order valence-electron chi connectivity index (χ1n) is 8.64. The monoisotopic (exact) mass is 352 g/mol. The lowest BCUT2D eigenvalue weighted by molar-refractivity contribution is -0.120. The number of benzene rings is 2. The van der Waals surface area contributed by atoms with Gasteiger partial charge in [-0.3, -0.25) is 9.59 Å². The normalized spacial score (nSPS) is 10.5. The van der Waals surface area contributed by atoms with Gasteiger partial charge in [-0.25, -0.2) is 5.43 Å².